The van der Waals surface area contributed by atoms with E-state index in [0.717, 1.165) is 0 Å². The number of hydrogen-bond acceptors (Lipinski definition) is 6. The number of carbonyl (C=O) groups excluding carboxylic acids is 3. The summed E-state index contributed by atoms with van der Waals surface area (Å²) in [7, 11) is 1.19. The third kappa shape index (κ3) is 8.12. The first kappa shape index (κ1) is 17.9. The molecule has 0 aliphatic heterocycles. The van der Waals surface area contributed by atoms with Crippen molar-refractivity contribution >= 4 is 18.0 Å². The molecule has 114 valence electrons. The van der Waals surface area contributed by atoms with Gasteiger partial charge >= 0.3 is 18.0 Å². The highest BCUT2D eigenvalue weighted by molar-refractivity contribution is 5.86. The van der Waals surface area contributed by atoms with Crippen molar-refractivity contribution in [3.8, 4) is 0 Å². The number of methoxy groups -OCH3 is 1. The van der Waals surface area contributed by atoms with Crippen LogP contribution < -0.4 is 5.32 Å². The highest BCUT2D eigenvalue weighted by Gasteiger charge is 2.29. The first-order chi connectivity index (χ1) is 9.19. The summed E-state index contributed by atoms with van der Waals surface area (Å²) in [5, 5.41) is 2.26. The monoisotopic (exact) mass is 287 g/mol. The maximum absolute atomic E-state index is 11.9. The Morgan fingerprint density at radius 2 is 1.90 bits per heavy atom. The van der Waals surface area contributed by atoms with Crippen LogP contribution in [-0.2, 0) is 23.8 Å². The second-order valence-electron chi connectivity index (χ2n) is 4.90. The molecule has 0 fully saturated rings. The van der Waals surface area contributed by atoms with E-state index in [1.807, 2.05) is 0 Å². The second kappa shape index (κ2) is 8.19. The van der Waals surface area contributed by atoms with Gasteiger partial charge in [0.15, 0.2) is 0 Å². The molecule has 20 heavy (non-hydrogen) atoms. The smallest absolute Gasteiger partial charge is 0.408 e. The van der Waals surface area contributed by atoms with Crippen molar-refractivity contribution in [1.82, 2.24) is 5.32 Å². The lowest BCUT2D eigenvalue weighted by Crippen LogP contribution is -2.45. The second-order valence-corrected chi connectivity index (χ2v) is 4.90. The van der Waals surface area contributed by atoms with E-state index in [0.29, 0.717) is 0 Å². The van der Waals surface area contributed by atoms with Crippen LogP contribution in [0.3, 0.4) is 0 Å². The average Bonchev–Trinajstić information content (AvgIpc) is 2.33. The molecule has 0 spiro atoms. The van der Waals surface area contributed by atoms with Gasteiger partial charge < -0.3 is 19.5 Å². The van der Waals surface area contributed by atoms with Crippen LogP contribution in [0, 0.1) is 0 Å². The van der Waals surface area contributed by atoms with E-state index >= 15 is 0 Å². The molecule has 7 heteroatoms. The predicted octanol–water partition coefficient (Wildman–Crippen LogP) is 1.17. The van der Waals surface area contributed by atoms with Crippen molar-refractivity contribution in [3.05, 3.63) is 12.7 Å². The van der Waals surface area contributed by atoms with Crippen LogP contribution in [0.1, 0.15) is 27.2 Å². The lowest BCUT2D eigenvalue weighted by atomic mass is 10.1. The minimum atomic E-state index is -1.17. The van der Waals surface area contributed by atoms with Crippen LogP contribution in [0.15, 0.2) is 12.7 Å². The highest BCUT2D eigenvalue weighted by atomic mass is 16.6. The molecule has 0 aromatic carbocycles. The number of rotatable bonds is 6. The van der Waals surface area contributed by atoms with Crippen LogP contribution in [-0.4, -0.2) is 43.4 Å². The Morgan fingerprint density at radius 3 is 2.35 bits per heavy atom. The molecule has 1 N–H and O–H groups in total. The molecule has 0 aliphatic rings. The highest BCUT2D eigenvalue weighted by Crippen LogP contribution is 2.10. The number of esters is 2. The Bertz CT molecular complexity index is 372. The average molecular weight is 287 g/mol. The van der Waals surface area contributed by atoms with E-state index in [4.69, 9.17) is 4.74 Å². The number of carbonyl (C=O) groups is 3. The molecule has 0 unspecified atom stereocenters. The van der Waals surface area contributed by atoms with Crippen LogP contribution >= 0.6 is 0 Å². The van der Waals surface area contributed by atoms with Crippen LogP contribution in [0.2, 0.25) is 0 Å². The summed E-state index contributed by atoms with van der Waals surface area (Å²) in [6, 6.07) is -1.17. The molecule has 0 aromatic heterocycles. The third-order valence-corrected chi connectivity index (χ3v) is 1.91. The first-order valence-electron chi connectivity index (χ1n) is 6.03. The van der Waals surface area contributed by atoms with Crippen LogP contribution in [0.25, 0.3) is 0 Å². The van der Waals surface area contributed by atoms with Crippen molar-refractivity contribution in [2.45, 2.75) is 38.8 Å². The summed E-state index contributed by atoms with van der Waals surface area (Å²) in [5.74, 6) is -1.39. The Hall–Kier alpha value is -2.05. The zero-order valence-corrected chi connectivity index (χ0v) is 12.2. The fourth-order valence-corrected chi connectivity index (χ4v) is 1.13. The fourth-order valence-electron chi connectivity index (χ4n) is 1.13. The lowest BCUT2D eigenvalue weighted by molar-refractivity contribution is -0.160. The summed E-state index contributed by atoms with van der Waals surface area (Å²) >= 11 is 0. The number of hydrogen-bond donors (Lipinski definition) is 1. The fraction of sp³-hybridized carbons (Fsp3) is 0.615. The van der Waals surface area contributed by atoms with Crippen molar-refractivity contribution in [2.24, 2.45) is 0 Å². The summed E-state index contributed by atoms with van der Waals surface area (Å²) in [4.78, 5) is 34.6. The van der Waals surface area contributed by atoms with Gasteiger partial charge in [-0.05, 0) is 20.8 Å². The van der Waals surface area contributed by atoms with Gasteiger partial charge in [0.05, 0.1) is 13.5 Å². The lowest BCUT2D eigenvalue weighted by Gasteiger charge is -2.23. The van der Waals surface area contributed by atoms with Crippen molar-refractivity contribution in [3.63, 3.8) is 0 Å². The number of ether oxygens (including phenoxy) is 3. The molecule has 1 atom stereocenters. The Labute approximate surface area is 118 Å². The molecular formula is C13H21NO6. The minimum absolute atomic E-state index is 0.00883. The normalized spacial score (nSPS) is 12.0. The van der Waals surface area contributed by atoms with Crippen LogP contribution in [0.4, 0.5) is 4.79 Å². The van der Waals surface area contributed by atoms with E-state index in [9.17, 15) is 14.4 Å². The molecular weight excluding hydrogens is 266 g/mol. The molecule has 0 saturated heterocycles. The maximum atomic E-state index is 11.9. The molecule has 0 rings (SSSR count). The largest absolute Gasteiger partial charge is 0.469 e. The van der Waals surface area contributed by atoms with Gasteiger partial charge in [-0.3, -0.25) is 4.79 Å². The third-order valence-electron chi connectivity index (χ3n) is 1.91. The molecule has 0 bridgehead atoms. The number of alkyl carbamates (subject to hydrolysis) is 1. The Morgan fingerprint density at radius 1 is 1.30 bits per heavy atom. The van der Waals surface area contributed by atoms with E-state index in [1.54, 1.807) is 20.8 Å². The molecule has 0 aromatic rings. The molecule has 0 radical (unpaired) electrons. The van der Waals surface area contributed by atoms with E-state index in [-0.39, 0.29) is 13.0 Å². The van der Waals surface area contributed by atoms with E-state index < -0.39 is 29.7 Å². The number of amides is 1. The Balaban J connectivity index is 4.71. The zero-order valence-electron chi connectivity index (χ0n) is 12.2. The van der Waals surface area contributed by atoms with E-state index in [1.165, 1.54) is 13.2 Å². The SMILES string of the molecule is C=CCOC(=O)N[C@@H](CC(=O)OC)C(=O)OC(C)(C)C. The molecule has 0 saturated carbocycles. The van der Waals surface area contributed by atoms with Gasteiger partial charge in [0.2, 0.25) is 0 Å². The van der Waals surface area contributed by atoms with Gasteiger partial charge in [0.25, 0.3) is 0 Å². The van der Waals surface area contributed by atoms with Crippen molar-refractivity contribution in [2.75, 3.05) is 13.7 Å². The van der Waals surface area contributed by atoms with Gasteiger partial charge in [0.1, 0.15) is 18.2 Å². The van der Waals surface area contributed by atoms with Gasteiger partial charge in [-0.2, -0.15) is 0 Å². The topological polar surface area (TPSA) is 90.9 Å². The van der Waals surface area contributed by atoms with Gasteiger partial charge in [-0.15, -0.1) is 0 Å². The van der Waals surface area contributed by atoms with Crippen molar-refractivity contribution < 1.29 is 28.6 Å². The summed E-state index contributed by atoms with van der Waals surface area (Å²) in [5.41, 5.74) is -0.738. The molecule has 7 nitrogen and oxygen atoms in total. The molecule has 1 amide bonds. The van der Waals surface area contributed by atoms with Gasteiger partial charge in [0, 0.05) is 0 Å². The summed E-state index contributed by atoms with van der Waals surface area (Å²) in [6.45, 7) is 8.41. The number of nitrogens with one attached hydrogen (secondary N) is 1. The van der Waals surface area contributed by atoms with Crippen LogP contribution in [0.5, 0.6) is 0 Å². The summed E-state index contributed by atoms with van der Waals surface area (Å²) < 4.78 is 14.3. The quantitative estimate of drug-likeness (QED) is 0.448. The Kier molecular flexibility index (Phi) is 7.35. The van der Waals surface area contributed by atoms with Gasteiger partial charge in [-0.25, -0.2) is 9.59 Å². The maximum Gasteiger partial charge on any atom is 0.408 e. The molecule has 0 heterocycles. The standard InChI is InChI=1S/C13H21NO6/c1-6-7-19-12(17)14-9(8-10(15)18-5)11(16)20-13(2,3)4/h6,9H,1,7-8H2,2-5H3,(H,14,17)/t9-/m0/s1. The minimum Gasteiger partial charge on any atom is -0.469 e. The predicted molar refractivity (Wildman–Crippen MR) is 70.9 cm³/mol. The first-order valence-corrected chi connectivity index (χ1v) is 6.03. The molecule has 0 aliphatic carbocycles. The summed E-state index contributed by atoms with van der Waals surface area (Å²) in [6.07, 6.45) is 0.196. The van der Waals surface area contributed by atoms with Gasteiger partial charge in [-0.1, -0.05) is 12.7 Å². The van der Waals surface area contributed by atoms with E-state index in [2.05, 4.69) is 21.4 Å². The zero-order chi connectivity index (χ0) is 15.8. The van der Waals surface area contributed by atoms with Crippen molar-refractivity contribution in [1.29, 1.82) is 0 Å².